The number of amides is 1. The van der Waals surface area contributed by atoms with Crippen LogP contribution < -0.4 is 5.32 Å². The van der Waals surface area contributed by atoms with Crippen molar-refractivity contribution in [2.45, 2.75) is 19.8 Å². The molecule has 0 spiro atoms. The van der Waals surface area contributed by atoms with Crippen LogP contribution in [-0.2, 0) is 0 Å². The average Bonchev–Trinajstić information content (AvgIpc) is 2.89. The third-order valence-electron chi connectivity index (χ3n) is 2.69. The van der Waals surface area contributed by atoms with E-state index in [-0.39, 0.29) is 11.7 Å². The molecule has 0 unspecified atom stereocenters. The predicted molar refractivity (Wildman–Crippen MR) is 74.7 cm³/mol. The Labute approximate surface area is 115 Å². The summed E-state index contributed by atoms with van der Waals surface area (Å²) in [5, 5.41) is 2.85. The molecule has 1 aromatic heterocycles. The number of nitrogens with zero attached hydrogens (tertiary/aromatic N) is 1. The van der Waals surface area contributed by atoms with Crippen molar-refractivity contribution in [1.29, 1.82) is 0 Å². The summed E-state index contributed by atoms with van der Waals surface area (Å²) < 4.78 is 17.1. The molecule has 0 saturated heterocycles. The van der Waals surface area contributed by atoms with Gasteiger partial charge in [-0.15, -0.1) is 0 Å². The van der Waals surface area contributed by atoms with Crippen LogP contribution in [0.4, 0.5) is 4.39 Å². The molecule has 0 saturated carbocycles. The highest BCUT2D eigenvalue weighted by Crippen LogP contribution is 2.22. The van der Waals surface area contributed by atoms with Gasteiger partial charge >= 0.3 is 0 Å². The lowest BCUT2D eigenvalue weighted by Gasteiger charge is -2.00. The summed E-state index contributed by atoms with van der Waals surface area (Å²) in [6.07, 6.45) is 2.01. The molecule has 0 fully saturated rings. The molecular formula is C14H15FN2OS. The van der Waals surface area contributed by atoms with Gasteiger partial charge < -0.3 is 5.32 Å². The third-order valence-corrected chi connectivity index (χ3v) is 3.48. The van der Waals surface area contributed by atoms with E-state index in [0.29, 0.717) is 17.1 Å². The fourth-order valence-corrected chi connectivity index (χ4v) is 2.28. The Hall–Kier alpha value is -1.75. The van der Waals surface area contributed by atoms with Crippen LogP contribution in [0, 0.1) is 5.82 Å². The predicted octanol–water partition coefficient (Wildman–Crippen LogP) is 3.48. The van der Waals surface area contributed by atoms with Crippen molar-refractivity contribution in [3.8, 4) is 11.3 Å². The SMILES string of the molecule is CCCCNC(=O)c1cc(-c2ccc(F)cc2)ns1. The summed E-state index contributed by atoms with van der Waals surface area (Å²) in [7, 11) is 0. The lowest BCUT2D eigenvalue weighted by atomic mass is 10.1. The Balaban J connectivity index is 2.06. The molecule has 5 heteroatoms. The number of carbonyl (C=O) groups excluding carboxylic acids is 1. The van der Waals surface area contributed by atoms with Gasteiger partial charge in [-0.25, -0.2) is 4.39 Å². The maximum absolute atomic E-state index is 12.8. The van der Waals surface area contributed by atoms with Gasteiger partial charge in [0.25, 0.3) is 5.91 Å². The van der Waals surface area contributed by atoms with E-state index < -0.39 is 0 Å². The molecule has 100 valence electrons. The number of carbonyl (C=O) groups is 1. The summed E-state index contributed by atoms with van der Waals surface area (Å²) in [4.78, 5) is 12.4. The minimum atomic E-state index is -0.281. The zero-order valence-electron chi connectivity index (χ0n) is 10.6. The molecule has 0 aliphatic heterocycles. The largest absolute Gasteiger partial charge is 0.351 e. The number of rotatable bonds is 5. The van der Waals surface area contributed by atoms with Crippen molar-refractivity contribution < 1.29 is 9.18 Å². The number of hydrogen-bond donors (Lipinski definition) is 1. The Morgan fingerprint density at radius 1 is 1.37 bits per heavy atom. The van der Waals surface area contributed by atoms with Crippen LogP contribution in [0.2, 0.25) is 0 Å². The first-order chi connectivity index (χ1) is 9.20. The van der Waals surface area contributed by atoms with E-state index in [9.17, 15) is 9.18 Å². The molecule has 1 aromatic carbocycles. The van der Waals surface area contributed by atoms with Crippen LogP contribution in [0.15, 0.2) is 30.3 Å². The van der Waals surface area contributed by atoms with Gasteiger partial charge in [0.2, 0.25) is 0 Å². The molecule has 19 heavy (non-hydrogen) atoms. The van der Waals surface area contributed by atoms with E-state index >= 15 is 0 Å². The van der Waals surface area contributed by atoms with Gasteiger partial charge in [0.05, 0.1) is 5.69 Å². The van der Waals surface area contributed by atoms with Crippen molar-refractivity contribution in [1.82, 2.24) is 9.69 Å². The van der Waals surface area contributed by atoms with Crippen LogP contribution in [0.25, 0.3) is 11.3 Å². The second-order valence-corrected chi connectivity index (χ2v) is 5.00. The summed E-state index contributed by atoms with van der Waals surface area (Å²) >= 11 is 1.16. The van der Waals surface area contributed by atoms with E-state index in [4.69, 9.17) is 0 Å². The van der Waals surface area contributed by atoms with Crippen LogP contribution in [0.5, 0.6) is 0 Å². The first-order valence-electron chi connectivity index (χ1n) is 6.21. The zero-order chi connectivity index (χ0) is 13.7. The molecular weight excluding hydrogens is 263 g/mol. The Kier molecular flexibility index (Phi) is 4.63. The van der Waals surface area contributed by atoms with E-state index in [1.54, 1.807) is 18.2 Å². The summed E-state index contributed by atoms with van der Waals surface area (Å²) in [6.45, 7) is 2.75. The van der Waals surface area contributed by atoms with Crippen LogP contribution in [0.3, 0.4) is 0 Å². The molecule has 1 amide bonds. The smallest absolute Gasteiger partial charge is 0.263 e. The Morgan fingerprint density at radius 2 is 2.11 bits per heavy atom. The first kappa shape index (κ1) is 13.7. The van der Waals surface area contributed by atoms with Crippen molar-refractivity contribution in [3.05, 3.63) is 41.0 Å². The highest BCUT2D eigenvalue weighted by Gasteiger charge is 2.11. The van der Waals surface area contributed by atoms with Gasteiger partial charge in [-0.1, -0.05) is 13.3 Å². The topological polar surface area (TPSA) is 42.0 Å². The van der Waals surface area contributed by atoms with Crippen molar-refractivity contribution >= 4 is 17.4 Å². The number of aromatic nitrogens is 1. The minimum absolute atomic E-state index is 0.0979. The number of benzene rings is 1. The van der Waals surface area contributed by atoms with E-state index in [2.05, 4.69) is 16.6 Å². The fraction of sp³-hybridized carbons (Fsp3) is 0.286. The van der Waals surface area contributed by atoms with Gasteiger partial charge in [-0.2, -0.15) is 4.37 Å². The second kappa shape index (κ2) is 6.43. The second-order valence-electron chi connectivity index (χ2n) is 4.19. The number of halogens is 1. The third kappa shape index (κ3) is 3.61. The van der Waals surface area contributed by atoms with Crippen LogP contribution in [0.1, 0.15) is 29.4 Å². The lowest BCUT2D eigenvalue weighted by molar-refractivity contribution is 0.0957. The highest BCUT2D eigenvalue weighted by molar-refractivity contribution is 7.08. The minimum Gasteiger partial charge on any atom is -0.351 e. The molecule has 1 heterocycles. The van der Waals surface area contributed by atoms with Gasteiger partial charge in [-0.05, 0) is 48.3 Å². The summed E-state index contributed by atoms with van der Waals surface area (Å²) in [5.41, 5.74) is 1.51. The molecule has 2 aromatic rings. The maximum atomic E-state index is 12.8. The Morgan fingerprint density at radius 3 is 2.79 bits per heavy atom. The quantitative estimate of drug-likeness (QED) is 0.851. The molecule has 1 N–H and O–H groups in total. The molecule has 0 aliphatic rings. The van der Waals surface area contributed by atoms with Crippen molar-refractivity contribution in [2.24, 2.45) is 0 Å². The average molecular weight is 278 g/mol. The molecule has 3 nitrogen and oxygen atoms in total. The Bertz CT molecular complexity index is 551. The van der Waals surface area contributed by atoms with E-state index in [0.717, 1.165) is 29.9 Å². The van der Waals surface area contributed by atoms with E-state index in [1.165, 1.54) is 12.1 Å². The highest BCUT2D eigenvalue weighted by atomic mass is 32.1. The summed E-state index contributed by atoms with van der Waals surface area (Å²) in [6, 6.07) is 7.82. The van der Waals surface area contributed by atoms with Crippen molar-refractivity contribution in [2.75, 3.05) is 6.54 Å². The van der Waals surface area contributed by atoms with Gasteiger partial charge in [0.15, 0.2) is 0 Å². The van der Waals surface area contributed by atoms with E-state index in [1.807, 2.05) is 0 Å². The van der Waals surface area contributed by atoms with Crippen LogP contribution >= 0.6 is 11.5 Å². The summed E-state index contributed by atoms with van der Waals surface area (Å²) in [5.74, 6) is -0.379. The zero-order valence-corrected chi connectivity index (χ0v) is 11.5. The van der Waals surface area contributed by atoms with Crippen LogP contribution in [-0.4, -0.2) is 16.8 Å². The maximum Gasteiger partial charge on any atom is 0.263 e. The number of hydrogen-bond acceptors (Lipinski definition) is 3. The first-order valence-corrected chi connectivity index (χ1v) is 6.99. The van der Waals surface area contributed by atoms with Crippen molar-refractivity contribution in [3.63, 3.8) is 0 Å². The number of unbranched alkanes of at least 4 members (excludes halogenated alkanes) is 1. The standard InChI is InChI=1S/C14H15FN2OS/c1-2-3-8-16-14(18)13-9-12(17-19-13)10-4-6-11(15)7-5-10/h4-7,9H,2-3,8H2,1H3,(H,16,18). The monoisotopic (exact) mass is 278 g/mol. The number of nitrogens with one attached hydrogen (secondary N) is 1. The molecule has 2 rings (SSSR count). The normalized spacial score (nSPS) is 10.4. The molecule has 0 aliphatic carbocycles. The molecule has 0 atom stereocenters. The lowest BCUT2D eigenvalue weighted by Crippen LogP contribution is -2.23. The van der Waals surface area contributed by atoms with Gasteiger partial charge in [0.1, 0.15) is 10.7 Å². The fourth-order valence-electron chi connectivity index (χ4n) is 1.60. The molecule has 0 radical (unpaired) electrons. The molecule has 0 bridgehead atoms. The van der Waals surface area contributed by atoms with Gasteiger partial charge in [0, 0.05) is 12.1 Å². The van der Waals surface area contributed by atoms with Gasteiger partial charge in [-0.3, -0.25) is 4.79 Å².